The van der Waals surface area contributed by atoms with E-state index in [9.17, 15) is 24.3 Å². The SMILES string of the molecule is CC(C)CC(NC(=O)C(C)NC(=O)C(Cc1c[nH]c2ccccc12)NC(=O)C(N)Cc1c[nH]c2ccccc12)C(=O)O. The van der Waals surface area contributed by atoms with Crippen LogP contribution >= 0.6 is 0 Å². The van der Waals surface area contributed by atoms with Gasteiger partial charge in [-0.15, -0.1) is 0 Å². The molecule has 4 unspecified atom stereocenters. The van der Waals surface area contributed by atoms with Crippen LogP contribution in [0.2, 0.25) is 0 Å². The molecule has 2 aromatic carbocycles. The zero-order valence-corrected chi connectivity index (χ0v) is 23.9. The molecule has 0 fully saturated rings. The summed E-state index contributed by atoms with van der Waals surface area (Å²) in [6.07, 6.45) is 4.24. The number of carbonyl (C=O) groups is 4. The number of rotatable bonds is 13. The van der Waals surface area contributed by atoms with Gasteiger partial charge in [0.15, 0.2) is 0 Å². The molecule has 42 heavy (non-hydrogen) atoms. The molecule has 0 saturated carbocycles. The molecule has 11 nitrogen and oxygen atoms in total. The fourth-order valence-corrected chi connectivity index (χ4v) is 5.01. The van der Waals surface area contributed by atoms with E-state index >= 15 is 0 Å². The highest BCUT2D eigenvalue weighted by Gasteiger charge is 2.29. The zero-order chi connectivity index (χ0) is 30.4. The largest absolute Gasteiger partial charge is 0.480 e. The number of aromatic amines is 2. The molecular weight excluding hydrogens is 536 g/mol. The highest BCUT2D eigenvalue weighted by atomic mass is 16.4. The van der Waals surface area contributed by atoms with Crippen LogP contribution in [-0.4, -0.2) is 62.9 Å². The number of fused-ring (bicyclic) bond motifs is 2. The number of carboxylic acids is 1. The number of nitrogens with one attached hydrogen (secondary N) is 5. The van der Waals surface area contributed by atoms with Crippen LogP contribution < -0.4 is 21.7 Å². The van der Waals surface area contributed by atoms with Crippen molar-refractivity contribution in [3.63, 3.8) is 0 Å². The smallest absolute Gasteiger partial charge is 0.326 e. The van der Waals surface area contributed by atoms with Gasteiger partial charge in [-0.3, -0.25) is 14.4 Å². The minimum Gasteiger partial charge on any atom is -0.480 e. The number of benzene rings is 2. The summed E-state index contributed by atoms with van der Waals surface area (Å²) >= 11 is 0. The molecule has 4 atom stereocenters. The first-order valence-corrected chi connectivity index (χ1v) is 14.0. The van der Waals surface area contributed by atoms with Crippen LogP contribution in [0, 0.1) is 5.92 Å². The van der Waals surface area contributed by atoms with Crippen molar-refractivity contribution in [2.24, 2.45) is 11.7 Å². The highest BCUT2D eigenvalue weighted by Crippen LogP contribution is 2.21. The summed E-state index contributed by atoms with van der Waals surface area (Å²) in [5, 5.41) is 19.3. The Hall–Kier alpha value is -4.64. The highest BCUT2D eigenvalue weighted by molar-refractivity contribution is 5.95. The Morgan fingerprint density at radius 3 is 1.81 bits per heavy atom. The van der Waals surface area contributed by atoms with E-state index in [4.69, 9.17) is 5.73 Å². The second-order valence-electron chi connectivity index (χ2n) is 11.1. The second kappa shape index (κ2) is 13.3. The van der Waals surface area contributed by atoms with Gasteiger partial charge in [0.2, 0.25) is 17.7 Å². The fourth-order valence-electron chi connectivity index (χ4n) is 5.01. The lowest BCUT2D eigenvalue weighted by atomic mass is 10.0. The summed E-state index contributed by atoms with van der Waals surface area (Å²) in [4.78, 5) is 57.5. The average Bonchev–Trinajstić information content (AvgIpc) is 3.56. The van der Waals surface area contributed by atoms with Gasteiger partial charge >= 0.3 is 5.97 Å². The predicted molar refractivity (Wildman–Crippen MR) is 161 cm³/mol. The Kier molecular flexibility index (Phi) is 9.64. The van der Waals surface area contributed by atoms with E-state index in [1.807, 2.05) is 68.6 Å². The summed E-state index contributed by atoms with van der Waals surface area (Å²) in [5.74, 6) is -2.85. The van der Waals surface area contributed by atoms with Crippen molar-refractivity contribution < 1.29 is 24.3 Å². The number of H-pyrrole nitrogens is 2. The number of hydrogen-bond donors (Lipinski definition) is 7. The number of carboxylic acid groups (broad SMARTS) is 1. The molecule has 2 heterocycles. The van der Waals surface area contributed by atoms with Crippen molar-refractivity contribution in [1.29, 1.82) is 0 Å². The van der Waals surface area contributed by atoms with Gasteiger partial charge in [0, 0.05) is 40.6 Å². The summed E-state index contributed by atoms with van der Waals surface area (Å²) in [7, 11) is 0. The summed E-state index contributed by atoms with van der Waals surface area (Å²) in [6, 6.07) is 11.2. The maximum Gasteiger partial charge on any atom is 0.326 e. The van der Waals surface area contributed by atoms with Gasteiger partial charge in [-0.05, 0) is 48.9 Å². The monoisotopic (exact) mass is 574 g/mol. The zero-order valence-electron chi connectivity index (χ0n) is 23.9. The van der Waals surface area contributed by atoms with Crippen molar-refractivity contribution in [1.82, 2.24) is 25.9 Å². The third-order valence-electron chi connectivity index (χ3n) is 7.26. The van der Waals surface area contributed by atoms with E-state index in [1.54, 1.807) is 6.20 Å². The molecule has 2 aromatic heterocycles. The molecule has 0 aliphatic heterocycles. The van der Waals surface area contributed by atoms with E-state index in [-0.39, 0.29) is 25.2 Å². The molecule has 0 spiro atoms. The molecule has 0 radical (unpaired) electrons. The lowest BCUT2D eigenvalue weighted by Gasteiger charge is -2.24. The van der Waals surface area contributed by atoms with Crippen molar-refractivity contribution >= 4 is 45.5 Å². The summed E-state index contributed by atoms with van der Waals surface area (Å²) in [5.41, 5.74) is 9.80. The number of aliphatic carboxylic acids is 1. The Bertz CT molecular complexity index is 1570. The molecule has 222 valence electrons. The molecular formula is C31H38N6O5. The quantitative estimate of drug-likeness (QED) is 0.129. The number of amides is 3. The first-order chi connectivity index (χ1) is 20.0. The maximum atomic E-state index is 13.5. The lowest BCUT2D eigenvalue weighted by molar-refractivity contribution is -0.142. The van der Waals surface area contributed by atoms with E-state index < -0.39 is 47.9 Å². The minimum atomic E-state index is -1.15. The average molecular weight is 575 g/mol. The van der Waals surface area contributed by atoms with Crippen molar-refractivity contribution in [3.05, 3.63) is 72.1 Å². The molecule has 4 aromatic rings. The van der Waals surface area contributed by atoms with Crippen LogP contribution in [0.3, 0.4) is 0 Å². The Labute approximate surface area is 243 Å². The van der Waals surface area contributed by atoms with Crippen LogP contribution in [0.4, 0.5) is 0 Å². The molecule has 8 N–H and O–H groups in total. The number of para-hydroxylation sites is 2. The van der Waals surface area contributed by atoms with Crippen molar-refractivity contribution in [2.75, 3.05) is 0 Å². The topological polar surface area (TPSA) is 182 Å². The molecule has 0 saturated heterocycles. The summed E-state index contributed by atoms with van der Waals surface area (Å²) in [6.45, 7) is 5.18. The van der Waals surface area contributed by atoms with E-state index in [0.29, 0.717) is 0 Å². The Morgan fingerprint density at radius 2 is 1.26 bits per heavy atom. The van der Waals surface area contributed by atoms with Crippen LogP contribution in [0.15, 0.2) is 60.9 Å². The van der Waals surface area contributed by atoms with Gasteiger partial charge in [0.1, 0.15) is 18.1 Å². The van der Waals surface area contributed by atoms with Crippen LogP contribution in [0.1, 0.15) is 38.3 Å². The van der Waals surface area contributed by atoms with E-state index in [0.717, 1.165) is 32.9 Å². The Balaban J connectivity index is 1.49. The van der Waals surface area contributed by atoms with E-state index in [1.165, 1.54) is 6.92 Å². The second-order valence-corrected chi connectivity index (χ2v) is 11.1. The van der Waals surface area contributed by atoms with E-state index in [2.05, 4.69) is 25.9 Å². The van der Waals surface area contributed by atoms with Gasteiger partial charge in [-0.1, -0.05) is 50.2 Å². The first kappa shape index (κ1) is 30.3. The number of hydrogen-bond acceptors (Lipinski definition) is 5. The lowest BCUT2D eigenvalue weighted by Crippen LogP contribution is -2.57. The maximum absolute atomic E-state index is 13.5. The normalized spacial score (nSPS) is 14.3. The number of nitrogens with two attached hydrogens (primary N) is 1. The molecule has 0 bridgehead atoms. The van der Waals surface area contributed by atoms with Gasteiger partial charge in [0.05, 0.1) is 6.04 Å². The van der Waals surface area contributed by atoms with Gasteiger partial charge in [-0.2, -0.15) is 0 Å². The minimum absolute atomic E-state index is 0.0422. The fraction of sp³-hybridized carbons (Fsp3) is 0.355. The molecule has 11 heteroatoms. The third-order valence-corrected chi connectivity index (χ3v) is 7.26. The number of carbonyl (C=O) groups excluding carboxylic acids is 3. The summed E-state index contributed by atoms with van der Waals surface area (Å²) < 4.78 is 0. The van der Waals surface area contributed by atoms with Crippen LogP contribution in [0.25, 0.3) is 21.8 Å². The molecule has 4 rings (SSSR count). The van der Waals surface area contributed by atoms with Gasteiger partial charge in [-0.25, -0.2) is 4.79 Å². The first-order valence-electron chi connectivity index (χ1n) is 14.0. The predicted octanol–water partition coefficient (Wildman–Crippen LogP) is 2.37. The van der Waals surface area contributed by atoms with Gasteiger partial charge in [0.25, 0.3) is 0 Å². The van der Waals surface area contributed by atoms with Gasteiger partial charge < -0.3 is 36.8 Å². The van der Waals surface area contributed by atoms with Crippen molar-refractivity contribution in [2.45, 2.75) is 64.2 Å². The Morgan fingerprint density at radius 1 is 0.738 bits per heavy atom. The third kappa shape index (κ3) is 7.35. The molecule has 3 amide bonds. The molecule has 0 aliphatic carbocycles. The number of aromatic nitrogens is 2. The standard InChI is InChI=1S/C31H38N6O5/c1-17(2)12-27(31(41)42)37-28(38)18(3)35-30(40)26(14-20-16-34-25-11-7-5-9-22(20)25)36-29(39)23(32)13-19-15-33-24-10-6-4-8-21(19)24/h4-11,15-18,23,26-27,33-34H,12-14,32H2,1-3H3,(H,35,40)(H,36,39)(H,37,38)(H,41,42). The molecule has 0 aliphatic rings. The van der Waals surface area contributed by atoms with Crippen molar-refractivity contribution in [3.8, 4) is 0 Å². The van der Waals surface area contributed by atoms with Crippen LogP contribution in [0.5, 0.6) is 0 Å². The van der Waals surface area contributed by atoms with Crippen LogP contribution in [-0.2, 0) is 32.0 Å².